The Labute approximate surface area is 405 Å². The van der Waals surface area contributed by atoms with Crippen molar-refractivity contribution >= 4 is 60.9 Å². The minimum atomic E-state index is -0.480. The molecule has 328 valence electrons. The molecule has 0 atom stereocenters. The topological polar surface area (TPSA) is 29.5 Å². The summed E-state index contributed by atoms with van der Waals surface area (Å²) in [6.45, 7) is 0. The Bertz CT molecular complexity index is 4070. The van der Waals surface area contributed by atoms with E-state index in [0.717, 1.165) is 94.3 Å². The second-order valence-corrected chi connectivity index (χ2v) is 18.4. The standard InChI is InChI=1S/C67H43NO2/c1-3-17-49(18-4-1)67(50-19-5-2-6-20-50)60-25-10-7-21-55(60)58-43-53(38-39-61(58)67)68(52-36-31-45(32-37-52)54-24-14-28-65-66(54)57-23-9-12-27-63(57)70-65)51-34-29-44(30-35-51)46-15-13-16-47(41-46)48-33-40-64-59(42-48)56-22-8-11-26-62(56)69-64/h1-43H. The van der Waals surface area contributed by atoms with E-state index in [9.17, 15) is 0 Å². The third-order valence-corrected chi connectivity index (χ3v) is 14.6. The highest BCUT2D eigenvalue weighted by molar-refractivity contribution is 6.12. The SMILES string of the molecule is c1ccc(C2(c3ccccc3)c3ccccc3-c3cc(N(c4ccc(-c5cccc(-c6ccc7oc8ccccc8c7c6)c5)cc4)c4ccc(-c5cccc6oc7ccccc7c56)cc4)ccc32)cc1. The van der Waals surface area contributed by atoms with Gasteiger partial charge in [0.15, 0.2) is 0 Å². The molecule has 14 rings (SSSR count). The Kier molecular flexibility index (Phi) is 9.11. The zero-order valence-corrected chi connectivity index (χ0v) is 38.1. The van der Waals surface area contributed by atoms with Gasteiger partial charge in [-0.25, -0.2) is 0 Å². The van der Waals surface area contributed by atoms with E-state index in [2.05, 4.69) is 241 Å². The molecule has 0 unspecified atom stereocenters. The maximum atomic E-state index is 6.31. The summed E-state index contributed by atoms with van der Waals surface area (Å²) in [4.78, 5) is 2.40. The van der Waals surface area contributed by atoms with Crippen LogP contribution in [0.4, 0.5) is 17.1 Å². The van der Waals surface area contributed by atoms with Crippen molar-refractivity contribution in [2.45, 2.75) is 5.41 Å². The van der Waals surface area contributed by atoms with E-state index < -0.39 is 5.41 Å². The second kappa shape index (κ2) is 16.0. The fraction of sp³-hybridized carbons (Fsp3) is 0.0149. The predicted molar refractivity (Wildman–Crippen MR) is 289 cm³/mol. The lowest BCUT2D eigenvalue weighted by Gasteiger charge is -2.34. The molecule has 0 amide bonds. The number of nitrogens with zero attached hydrogens (tertiary/aromatic N) is 1. The highest BCUT2D eigenvalue weighted by atomic mass is 16.3. The summed E-state index contributed by atoms with van der Waals surface area (Å²) in [6, 6.07) is 94.4. The van der Waals surface area contributed by atoms with E-state index in [0.29, 0.717) is 0 Å². The van der Waals surface area contributed by atoms with Crippen molar-refractivity contribution in [2.75, 3.05) is 4.90 Å². The van der Waals surface area contributed by atoms with E-state index in [-0.39, 0.29) is 0 Å². The molecule has 2 heterocycles. The zero-order valence-electron chi connectivity index (χ0n) is 38.1. The number of para-hydroxylation sites is 2. The summed E-state index contributed by atoms with van der Waals surface area (Å²) in [6.07, 6.45) is 0. The molecule has 0 fully saturated rings. The summed E-state index contributed by atoms with van der Waals surface area (Å²) >= 11 is 0. The predicted octanol–water partition coefficient (Wildman–Crippen LogP) is 18.3. The average Bonchev–Trinajstić information content (AvgIpc) is 4.10. The van der Waals surface area contributed by atoms with Gasteiger partial charge in [0.25, 0.3) is 0 Å². The van der Waals surface area contributed by atoms with Crippen LogP contribution < -0.4 is 4.90 Å². The van der Waals surface area contributed by atoms with Crippen LogP contribution in [-0.2, 0) is 5.41 Å². The number of anilines is 3. The molecule has 0 bridgehead atoms. The van der Waals surface area contributed by atoms with Gasteiger partial charge < -0.3 is 13.7 Å². The molecular weight excluding hydrogens is 851 g/mol. The Balaban J connectivity index is 0.898. The van der Waals surface area contributed by atoms with Crippen LogP contribution in [0.5, 0.6) is 0 Å². The van der Waals surface area contributed by atoms with Crippen LogP contribution in [0.15, 0.2) is 270 Å². The summed E-state index contributed by atoms with van der Waals surface area (Å²) < 4.78 is 12.5. The minimum Gasteiger partial charge on any atom is -0.456 e. The average molecular weight is 894 g/mol. The second-order valence-electron chi connectivity index (χ2n) is 18.4. The fourth-order valence-corrected chi connectivity index (χ4v) is 11.4. The molecule has 0 radical (unpaired) electrons. The highest BCUT2D eigenvalue weighted by Gasteiger charge is 2.46. The van der Waals surface area contributed by atoms with Gasteiger partial charge in [0.05, 0.1) is 5.41 Å². The van der Waals surface area contributed by atoms with Crippen molar-refractivity contribution in [3.63, 3.8) is 0 Å². The normalized spacial score (nSPS) is 12.7. The Morgan fingerprint density at radius 1 is 0.271 bits per heavy atom. The van der Waals surface area contributed by atoms with Crippen molar-refractivity contribution in [1.29, 1.82) is 0 Å². The molecule has 0 N–H and O–H groups in total. The lowest BCUT2D eigenvalue weighted by molar-refractivity contribution is 0.668. The molecule has 0 spiro atoms. The summed E-state index contributed by atoms with van der Waals surface area (Å²) in [5.74, 6) is 0. The number of hydrogen-bond donors (Lipinski definition) is 0. The van der Waals surface area contributed by atoms with Crippen LogP contribution in [0.3, 0.4) is 0 Å². The first-order chi connectivity index (χ1) is 34.7. The first-order valence-electron chi connectivity index (χ1n) is 24.0. The van der Waals surface area contributed by atoms with Crippen molar-refractivity contribution in [1.82, 2.24) is 0 Å². The lowest BCUT2D eigenvalue weighted by Crippen LogP contribution is -2.28. The third kappa shape index (κ3) is 6.22. The van der Waals surface area contributed by atoms with Gasteiger partial charge in [0, 0.05) is 38.6 Å². The van der Waals surface area contributed by atoms with E-state index in [4.69, 9.17) is 8.83 Å². The van der Waals surface area contributed by atoms with Crippen molar-refractivity contribution in [3.05, 3.63) is 283 Å². The van der Waals surface area contributed by atoms with Gasteiger partial charge in [-0.3, -0.25) is 0 Å². The van der Waals surface area contributed by atoms with Crippen molar-refractivity contribution in [2.24, 2.45) is 0 Å². The van der Waals surface area contributed by atoms with Gasteiger partial charge in [-0.2, -0.15) is 0 Å². The molecule has 3 heteroatoms. The highest BCUT2D eigenvalue weighted by Crippen LogP contribution is 2.57. The summed E-state index contributed by atoms with van der Waals surface area (Å²) in [7, 11) is 0. The molecule has 1 aliphatic carbocycles. The molecule has 70 heavy (non-hydrogen) atoms. The number of fused-ring (bicyclic) bond motifs is 9. The quantitative estimate of drug-likeness (QED) is 0.152. The third-order valence-electron chi connectivity index (χ3n) is 14.6. The zero-order chi connectivity index (χ0) is 46.2. The van der Waals surface area contributed by atoms with Gasteiger partial charge in [-0.15, -0.1) is 0 Å². The fourth-order valence-electron chi connectivity index (χ4n) is 11.4. The van der Waals surface area contributed by atoms with Gasteiger partial charge in [0.1, 0.15) is 22.3 Å². The molecule has 1 aliphatic rings. The Morgan fingerprint density at radius 2 is 0.771 bits per heavy atom. The molecule has 0 saturated heterocycles. The molecule has 11 aromatic carbocycles. The van der Waals surface area contributed by atoms with Gasteiger partial charge in [-0.1, -0.05) is 188 Å². The van der Waals surface area contributed by atoms with Crippen LogP contribution in [0.2, 0.25) is 0 Å². The van der Waals surface area contributed by atoms with Crippen LogP contribution in [0, 0.1) is 0 Å². The first kappa shape index (κ1) is 39.9. The van der Waals surface area contributed by atoms with Crippen LogP contribution in [0.1, 0.15) is 22.3 Å². The van der Waals surface area contributed by atoms with E-state index in [1.807, 2.05) is 24.3 Å². The van der Waals surface area contributed by atoms with Crippen molar-refractivity contribution in [3.8, 4) is 44.5 Å². The number of rotatable bonds is 8. The Hall–Kier alpha value is -9.18. The largest absolute Gasteiger partial charge is 0.456 e. The van der Waals surface area contributed by atoms with Gasteiger partial charge in [0.2, 0.25) is 0 Å². The Morgan fingerprint density at radius 3 is 1.51 bits per heavy atom. The monoisotopic (exact) mass is 893 g/mol. The minimum absolute atomic E-state index is 0.480. The number of benzene rings is 11. The van der Waals surface area contributed by atoms with Crippen LogP contribution >= 0.6 is 0 Å². The maximum Gasteiger partial charge on any atom is 0.136 e. The number of furan rings is 2. The van der Waals surface area contributed by atoms with E-state index in [1.54, 1.807) is 0 Å². The molecular formula is C67H43NO2. The van der Waals surface area contributed by atoms with E-state index in [1.165, 1.54) is 33.4 Å². The maximum absolute atomic E-state index is 6.31. The van der Waals surface area contributed by atoms with Crippen molar-refractivity contribution < 1.29 is 8.83 Å². The van der Waals surface area contributed by atoms with Crippen LogP contribution in [-0.4, -0.2) is 0 Å². The van der Waals surface area contributed by atoms with E-state index >= 15 is 0 Å². The lowest BCUT2D eigenvalue weighted by atomic mass is 9.68. The molecule has 3 nitrogen and oxygen atoms in total. The van der Waals surface area contributed by atoms with Gasteiger partial charge >= 0.3 is 0 Å². The smallest absolute Gasteiger partial charge is 0.136 e. The number of hydrogen-bond acceptors (Lipinski definition) is 3. The molecule has 13 aromatic rings. The first-order valence-corrected chi connectivity index (χ1v) is 24.0. The molecule has 2 aromatic heterocycles. The molecule has 0 aliphatic heterocycles. The summed E-state index contributed by atoms with van der Waals surface area (Å²) in [5.41, 5.74) is 20.8. The van der Waals surface area contributed by atoms with Crippen LogP contribution in [0.25, 0.3) is 88.4 Å². The van der Waals surface area contributed by atoms with Gasteiger partial charge in [-0.05, 0) is 140 Å². The summed E-state index contributed by atoms with van der Waals surface area (Å²) in [5, 5.41) is 4.52. The molecule has 0 saturated carbocycles.